The number of carbonyl (C=O) groups is 1. The van der Waals surface area contributed by atoms with Gasteiger partial charge in [0.1, 0.15) is 5.75 Å². The zero-order chi connectivity index (χ0) is 15.6. The number of anilines is 1. The van der Waals surface area contributed by atoms with E-state index in [9.17, 15) is 18.3 Å². The van der Waals surface area contributed by atoms with Crippen molar-refractivity contribution in [1.82, 2.24) is 0 Å². The smallest absolute Gasteiger partial charge is 0.335 e. The van der Waals surface area contributed by atoms with Crippen LogP contribution in [0.1, 0.15) is 10.4 Å². The van der Waals surface area contributed by atoms with Crippen LogP contribution in [0, 0.1) is 0 Å². The quantitative estimate of drug-likeness (QED) is 0.716. The summed E-state index contributed by atoms with van der Waals surface area (Å²) >= 11 is 3.17. The number of aromatic hydroxyl groups is 1. The summed E-state index contributed by atoms with van der Waals surface area (Å²) in [7, 11) is -3.88. The fourth-order valence-electron chi connectivity index (χ4n) is 1.59. The van der Waals surface area contributed by atoms with E-state index in [1.165, 1.54) is 24.3 Å². The molecule has 0 spiro atoms. The number of aromatic carboxylic acids is 1. The van der Waals surface area contributed by atoms with Gasteiger partial charge in [-0.3, -0.25) is 4.72 Å². The molecule has 3 N–H and O–H groups in total. The van der Waals surface area contributed by atoms with Gasteiger partial charge in [0.15, 0.2) is 0 Å². The number of sulfonamides is 1. The SMILES string of the molecule is O=C(O)c1ccc(NS(=O)(=O)c2cccc(Br)c2)c(O)c1. The number of carboxylic acid groups (broad SMARTS) is 1. The second kappa shape index (κ2) is 5.74. The average Bonchev–Trinajstić information content (AvgIpc) is 2.40. The first kappa shape index (κ1) is 15.3. The minimum atomic E-state index is -3.88. The summed E-state index contributed by atoms with van der Waals surface area (Å²) in [5.41, 5.74) is -0.238. The Bertz CT molecular complexity index is 804. The van der Waals surface area contributed by atoms with Crippen molar-refractivity contribution >= 4 is 37.6 Å². The maximum atomic E-state index is 12.2. The van der Waals surface area contributed by atoms with E-state index in [-0.39, 0.29) is 16.1 Å². The van der Waals surface area contributed by atoms with Crippen LogP contribution in [0.5, 0.6) is 5.75 Å². The van der Waals surface area contributed by atoms with Gasteiger partial charge < -0.3 is 10.2 Å². The van der Waals surface area contributed by atoms with Crippen molar-refractivity contribution in [2.75, 3.05) is 4.72 Å². The van der Waals surface area contributed by atoms with Crippen molar-refractivity contribution < 1.29 is 23.4 Å². The van der Waals surface area contributed by atoms with Gasteiger partial charge in [0.05, 0.1) is 16.1 Å². The molecule has 2 rings (SSSR count). The average molecular weight is 372 g/mol. The second-order valence-corrected chi connectivity index (χ2v) is 6.70. The molecule has 0 bridgehead atoms. The van der Waals surface area contributed by atoms with Crippen LogP contribution in [0.15, 0.2) is 51.8 Å². The van der Waals surface area contributed by atoms with Crippen LogP contribution in [0.25, 0.3) is 0 Å². The summed E-state index contributed by atoms with van der Waals surface area (Å²) in [5, 5.41) is 18.5. The second-order valence-electron chi connectivity index (χ2n) is 4.10. The van der Waals surface area contributed by atoms with Crippen molar-refractivity contribution in [3.05, 3.63) is 52.5 Å². The Kier molecular flexibility index (Phi) is 4.19. The first-order valence-corrected chi connectivity index (χ1v) is 7.92. The van der Waals surface area contributed by atoms with Gasteiger partial charge in [-0.25, -0.2) is 13.2 Å². The van der Waals surface area contributed by atoms with Crippen LogP contribution in [0.2, 0.25) is 0 Å². The molecule has 0 atom stereocenters. The van der Waals surface area contributed by atoms with Crippen LogP contribution >= 0.6 is 15.9 Å². The van der Waals surface area contributed by atoms with E-state index in [0.717, 1.165) is 6.07 Å². The Balaban J connectivity index is 2.35. The molecule has 0 amide bonds. The van der Waals surface area contributed by atoms with Crippen LogP contribution in [-0.4, -0.2) is 24.6 Å². The zero-order valence-electron chi connectivity index (χ0n) is 10.4. The Hall–Kier alpha value is -2.06. The Morgan fingerprint density at radius 3 is 2.43 bits per heavy atom. The molecule has 21 heavy (non-hydrogen) atoms. The van der Waals surface area contributed by atoms with E-state index in [1.54, 1.807) is 12.1 Å². The van der Waals surface area contributed by atoms with Gasteiger partial charge in [0.25, 0.3) is 10.0 Å². The van der Waals surface area contributed by atoms with E-state index >= 15 is 0 Å². The predicted octanol–water partition coefficient (Wildman–Crippen LogP) is 2.65. The van der Waals surface area contributed by atoms with Gasteiger partial charge in [-0.2, -0.15) is 0 Å². The third kappa shape index (κ3) is 3.53. The summed E-state index contributed by atoms with van der Waals surface area (Å²) in [6, 6.07) is 9.40. The molecule has 6 nitrogen and oxygen atoms in total. The standard InChI is InChI=1S/C13H10BrNO5S/c14-9-2-1-3-10(7-9)21(19,20)15-11-5-4-8(13(17)18)6-12(11)16/h1-7,15-16H,(H,17,18). The number of rotatable bonds is 4. The highest BCUT2D eigenvalue weighted by atomic mass is 79.9. The molecule has 0 heterocycles. The largest absolute Gasteiger partial charge is 0.506 e. The van der Waals surface area contributed by atoms with Crippen LogP contribution in [0.4, 0.5) is 5.69 Å². The molecule has 0 radical (unpaired) electrons. The minimum absolute atomic E-state index is 0.0126. The third-order valence-electron chi connectivity index (χ3n) is 2.60. The van der Waals surface area contributed by atoms with E-state index in [1.807, 2.05) is 0 Å². The summed E-state index contributed by atoms with van der Waals surface area (Å²) < 4.78 is 27.1. The molecule has 0 unspecified atom stereocenters. The zero-order valence-corrected chi connectivity index (χ0v) is 12.8. The molecule has 2 aromatic carbocycles. The first-order chi connectivity index (χ1) is 9.79. The maximum absolute atomic E-state index is 12.2. The number of carboxylic acids is 1. The maximum Gasteiger partial charge on any atom is 0.335 e. The van der Waals surface area contributed by atoms with E-state index < -0.39 is 21.7 Å². The molecule has 0 saturated carbocycles. The molecule has 0 saturated heterocycles. The van der Waals surface area contributed by atoms with Gasteiger partial charge in [-0.1, -0.05) is 22.0 Å². The minimum Gasteiger partial charge on any atom is -0.506 e. The van der Waals surface area contributed by atoms with Gasteiger partial charge >= 0.3 is 5.97 Å². The highest BCUT2D eigenvalue weighted by molar-refractivity contribution is 9.10. The van der Waals surface area contributed by atoms with Crippen LogP contribution < -0.4 is 4.72 Å². The van der Waals surface area contributed by atoms with Gasteiger partial charge in [-0.05, 0) is 36.4 Å². The number of phenolic OH excluding ortho intramolecular Hbond substituents is 1. The molecular formula is C13H10BrNO5S. The van der Waals surface area contributed by atoms with Gasteiger partial charge in [-0.15, -0.1) is 0 Å². The highest BCUT2D eigenvalue weighted by Crippen LogP contribution is 2.27. The molecule has 0 aliphatic carbocycles. The van der Waals surface area contributed by atoms with Gasteiger partial charge in [0.2, 0.25) is 0 Å². The number of benzene rings is 2. The van der Waals surface area contributed by atoms with Crippen molar-refractivity contribution in [2.45, 2.75) is 4.90 Å². The van der Waals surface area contributed by atoms with Crippen LogP contribution in [0.3, 0.4) is 0 Å². The Morgan fingerprint density at radius 2 is 1.86 bits per heavy atom. The fourth-order valence-corrected chi connectivity index (χ4v) is 3.26. The Morgan fingerprint density at radius 1 is 1.14 bits per heavy atom. The summed E-state index contributed by atoms with van der Waals surface area (Å²) in [6.45, 7) is 0. The lowest BCUT2D eigenvalue weighted by molar-refractivity contribution is 0.0696. The summed E-state index contributed by atoms with van der Waals surface area (Å²) in [4.78, 5) is 10.8. The topological polar surface area (TPSA) is 104 Å². The lowest BCUT2D eigenvalue weighted by atomic mass is 10.2. The van der Waals surface area contributed by atoms with Crippen molar-refractivity contribution in [3.8, 4) is 5.75 Å². The number of hydrogen-bond acceptors (Lipinski definition) is 4. The van der Waals surface area contributed by atoms with Gasteiger partial charge in [0, 0.05) is 4.47 Å². The number of phenols is 1. The molecule has 0 aromatic heterocycles. The normalized spacial score (nSPS) is 11.1. The first-order valence-electron chi connectivity index (χ1n) is 5.64. The molecule has 110 valence electrons. The third-order valence-corrected chi connectivity index (χ3v) is 4.45. The van der Waals surface area contributed by atoms with Crippen molar-refractivity contribution in [3.63, 3.8) is 0 Å². The van der Waals surface area contributed by atoms with Crippen molar-refractivity contribution in [1.29, 1.82) is 0 Å². The molecule has 2 aromatic rings. The fraction of sp³-hybridized carbons (Fsp3) is 0. The van der Waals surface area contributed by atoms with E-state index in [0.29, 0.717) is 4.47 Å². The molecule has 0 aliphatic rings. The lowest BCUT2D eigenvalue weighted by Gasteiger charge is -2.10. The molecule has 8 heteroatoms. The molecule has 0 fully saturated rings. The van der Waals surface area contributed by atoms with Crippen molar-refractivity contribution in [2.24, 2.45) is 0 Å². The monoisotopic (exact) mass is 371 g/mol. The number of nitrogens with one attached hydrogen (secondary N) is 1. The molecular weight excluding hydrogens is 362 g/mol. The predicted molar refractivity (Wildman–Crippen MR) is 80.0 cm³/mol. The highest BCUT2D eigenvalue weighted by Gasteiger charge is 2.17. The Labute approximate surface area is 129 Å². The summed E-state index contributed by atoms with van der Waals surface area (Å²) in [5.74, 6) is -1.68. The van der Waals surface area contributed by atoms with E-state index in [4.69, 9.17) is 5.11 Å². The number of halogens is 1. The number of hydrogen-bond donors (Lipinski definition) is 3. The van der Waals surface area contributed by atoms with Crippen LogP contribution in [-0.2, 0) is 10.0 Å². The lowest BCUT2D eigenvalue weighted by Crippen LogP contribution is -2.13. The van der Waals surface area contributed by atoms with E-state index in [2.05, 4.69) is 20.7 Å². The molecule has 0 aliphatic heterocycles. The summed E-state index contributed by atoms with van der Waals surface area (Å²) in [6.07, 6.45) is 0.